The van der Waals surface area contributed by atoms with Crippen molar-refractivity contribution < 1.29 is 65.8 Å². The van der Waals surface area contributed by atoms with E-state index in [0.29, 0.717) is 25.7 Å². The quantitative estimate of drug-likeness (QED) is 0.414. The number of aliphatic hydroxyl groups is 2. The Morgan fingerprint density at radius 3 is 1.00 bits per heavy atom. The van der Waals surface area contributed by atoms with Gasteiger partial charge in [-0.15, -0.1) is 0 Å². The number of carbonyl (C=O) groups excluding carboxylic acids is 4. The van der Waals surface area contributed by atoms with Gasteiger partial charge in [0, 0.05) is 37.6 Å². The van der Waals surface area contributed by atoms with E-state index in [4.69, 9.17) is 10.2 Å². The number of ketones is 2. The molecule has 9 heteroatoms. The second-order valence-corrected chi connectivity index (χ2v) is 6.19. The summed E-state index contributed by atoms with van der Waals surface area (Å²) in [5.74, 6) is -3.07. The van der Waals surface area contributed by atoms with Gasteiger partial charge in [-0.05, 0) is 39.5 Å². The van der Waals surface area contributed by atoms with Crippen LogP contribution in [0.3, 0.4) is 0 Å². The van der Waals surface area contributed by atoms with Gasteiger partial charge in [-0.25, -0.2) is 0 Å². The summed E-state index contributed by atoms with van der Waals surface area (Å²) in [5.41, 5.74) is 0. The maximum atomic E-state index is 10.4. The topological polar surface area (TPSA) is 155 Å². The number of hydrogen-bond acceptors (Lipinski definition) is 8. The van der Waals surface area contributed by atoms with Crippen molar-refractivity contribution in [1.82, 2.24) is 0 Å². The van der Waals surface area contributed by atoms with Crippen LogP contribution in [0.15, 0.2) is 0 Å². The Balaban J connectivity index is -0.0000000907. The van der Waals surface area contributed by atoms with E-state index in [1.807, 2.05) is 27.7 Å². The third-order valence-corrected chi connectivity index (χ3v) is 2.92. The van der Waals surface area contributed by atoms with Crippen LogP contribution in [0.1, 0.15) is 92.9 Å². The first kappa shape index (κ1) is 38.7. The molecule has 0 aliphatic carbocycles. The molecule has 0 saturated carbocycles. The molecule has 0 aromatic carbocycles. The van der Waals surface area contributed by atoms with Gasteiger partial charge in [0.1, 0.15) is 11.6 Å². The average Bonchev–Trinajstić information content (AvgIpc) is 2.55. The average molecular weight is 498 g/mol. The number of rotatable bonds is 10. The third kappa shape index (κ3) is 58.4. The number of carboxylic acid groups (broad SMARTS) is 2. The molecule has 0 spiro atoms. The van der Waals surface area contributed by atoms with Gasteiger partial charge in [0.25, 0.3) is 0 Å². The Bertz CT molecular complexity index is 371. The molecule has 0 saturated heterocycles. The third-order valence-electron chi connectivity index (χ3n) is 2.92. The first-order valence-electron chi connectivity index (χ1n) is 9.66. The van der Waals surface area contributed by atoms with Crippen molar-refractivity contribution in [2.24, 2.45) is 0 Å². The van der Waals surface area contributed by atoms with E-state index in [0.717, 1.165) is 12.8 Å². The number of carboxylic acids is 2. The molecule has 0 rings (SSSR count). The van der Waals surface area contributed by atoms with Crippen molar-refractivity contribution in [2.75, 3.05) is 0 Å². The molecule has 0 fully saturated rings. The first-order chi connectivity index (χ1) is 12.9. The van der Waals surface area contributed by atoms with Crippen molar-refractivity contribution >= 4 is 23.5 Å². The normalized spacial score (nSPS) is 10.8. The molecule has 0 aromatic rings. The molecule has 29 heavy (non-hydrogen) atoms. The van der Waals surface area contributed by atoms with Crippen molar-refractivity contribution in [2.45, 2.75) is 105 Å². The van der Waals surface area contributed by atoms with E-state index < -0.39 is 24.8 Å². The summed E-state index contributed by atoms with van der Waals surface area (Å²) >= 11 is 0. The largest absolute Gasteiger partial charge is 2.00 e. The van der Waals surface area contributed by atoms with Crippen LogP contribution < -0.4 is 10.2 Å². The van der Waals surface area contributed by atoms with Gasteiger partial charge in [0.2, 0.25) is 0 Å². The van der Waals surface area contributed by atoms with E-state index in [-0.39, 0.29) is 50.0 Å². The van der Waals surface area contributed by atoms with Crippen LogP contribution in [-0.4, -0.2) is 45.9 Å². The number of aliphatic hydroxyl groups excluding tert-OH is 2. The fraction of sp³-hybridized carbons (Fsp3) is 0.800. The summed E-state index contributed by atoms with van der Waals surface area (Å²) in [5, 5.41) is 36.2. The van der Waals surface area contributed by atoms with Crippen LogP contribution in [0.2, 0.25) is 0 Å². The fourth-order valence-electron chi connectivity index (χ4n) is 1.06. The van der Waals surface area contributed by atoms with Crippen LogP contribution in [-0.2, 0) is 45.4 Å². The smallest absolute Gasteiger partial charge is 0.550 e. The molecule has 0 amide bonds. The maximum Gasteiger partial charge on any atom is 2.00 e. The van der Waals surface area contributed by atoms with Crippen molar-refractivity contribution in [1.29, 1.82) is 0 Å². The van der Waals surface area contributed by atoms with Crippen LogP contribution >= 0.6 is 0 Å². The monoisotopic (exact) mass is 496 g/mol. The molecule has 0 bridgehead atoms. The summed E-state index contributed by atoms with van der Waals surface area (Å²) in [6.07, 6.45) is 2.70. The van der Waals surface area contributed by atoms with E-state index in [1.54, 1.807) is 13.8 Å². The fourth-order valence-corrected chi connectivity index (χ4v) is 1.06. The van der Waals surface area contributed by atoms with E-state index in [1.165, 1.54) is 0 Å². The van der Waals surface area contributed by atoms with Crippen molar-refractivity contribution in [3.8, 4) is 0 Å². The van der Waals surface area contributed by atoms with Gasteiger partial charge in [-0.2, -0.15) is 0 Å². The summed E-state index contributed by atoms with van der Waals surface area (Å²) in [6, 6.07) is 0. The number of aliphatic carboxylic acids is 2. The molecule has 2 N–H and O–H groups in total. The minimum Gasteiger partial charge on any atom is -0.550 e. The summed E-state index contributed by atoms with van der Waals surface area (Å²) in [6.45, 7) is 11.1. The van der Waals surface area contributed by atoms with Crippen LogP contribution in [0.5, 0.6) is 0 Å². The van der Waals surface area contributed by atoms with Gasteiger partial charge in [0.15, 0.2) is 0 Å². The first-order valence-corrected chi connectivity index (χ1v) is 9.66. The van der Waals surface area contributed by atoms with Crippen LogP contribution in [0, 0.1) is 0 Å². The summed E-state index contributed by atoms with van der Waals surface area (Å²) < 4.78 is 0. The second kappa shape index (κ2) is 29.3. The molecule has 0 heterocycles. The van der Waals surface area contributed by atoms with Gasteiger partial charge in [-0.1, -0.05) is 27.7 Å². The maximum absolute atomic E-state index is 10.4. The van der Waals surface area contributed by atoms with Gasteiger partial charge in [0.05, 0.1) is 12.2 Å². The van der Waals surface area contributed by atoms with Gasteiger partial charge < -0.3 is 30.0 Å². The van der Waals surface area contributed by atoms with E-state index in [9.17, 15) is 29.4 Å². The Morgan fingerprint density at radius 2 is 0.897 bits per heavy atom. The minimum atomic E-state index is -1.28. The molecule has 0 aliphatic heterocycles. The predicted octanol–water partition coefficient (Wildman–Crippen LogP) is 0.543. The van der Waals surface area contributed by atoms with Gasteiger partial charge >= 0.3 is 26.2 Å². The molecule has 8 nitrogen and oxygen atoms in total. The van der Waals surface area contributed by atoms with Gasteiger partial charge in [-0.3, -0.25) is 9.59 Å². The van der Waals surface area contributed by atoms with Crippen LogP contribution in [0.4, 0.5) is 0 Å². The number of carbonyl (C=O) groups is 4. The SMILES string of the molecule is CCC(C)O.CCC(C)O.CCCC(=O)CC(=O)[O-].CCCC(=O)CC(=O)[O-].[Zr+2]. The second-order valence-electron chi connectivity index (χ2n) is 6.19. The number of hydrogen-bond donors (Lipinski definition) is 2. The zero-order valence-corrected chi connectivity index (χ0v) is 21.1. The Labute approximate surface area is 194 Å². The zero-order chi connectivity index (χ0) is 23.1. The molecule has 0 aliphatic rings. The van der Waals surface area contributed by atoms with Crippen molar-refractivity contribution in [3.63, 3.8) is 0 Å². The summed E-state index contributed by atoms with van der Waals surface area (Å²) in [7, 11) is 0. The van der Waals surface area contributed by atoms with Crippen LogP contribution in [0.25, 0.3) is 0 Å². The van der Waals surface area contributed by atoms with Crippen molar-refractivity contribution in [3.05, 3.63) is 0 Å². The van der Waals surface area contributed by atoms with E-state index in [2.05, 4.69) is 0 Å². The molecule has 0 radical (unpaired) electrons. The Kier molecular flexibility index (Phi) is 39.0. The molecular formula is C20H38O8Zr. The molecular weight excluding hydrogens is 459 g/mol. The Hall–Kier alpha value is -0.917. The molecule has 0 aromatic heterocycles. The van der Waals surface area contributed by atoms with E-state index >= 15 is 0 Å². The Morgan fingerprint density at radius 1 is 0.690 bits per heavy atom. The zero-order valence-electron chi connectivity index (χ0n) is 18.7. The predicted molar refractivity (Wildman–Crippen MR) is 103 cm³/mol. The molecule has 2 atom stereocenters. The summed E-state index contributed by atoms with van der Waals surface area (Å²) in [4.78, 5) is 40.4. The number of Topliss-reactive ketones (excluding diaryl/α,β-unsaturated/α-hetero) is 2. The standard InChI is InChI=1S/2C6H10O3.2C4H10O.Zr/c2*1-2-3-5(7)4-6(8)9;2*1-3-4(2)5;/h2*2-4H2,1H3,(H,8,9);2*4-5H,3H2,1-2H3;/q;;;;+2/p-2. The molecule has 170 valence electrons. The minimum absolute atomic E-state index is 0. The molecule has 2 unspecified atom stereocenters.